The maximum Gasteiger partial charge on any atom is 0.143 e. The lowest BCUT2D eigenvalue weighted by molar-refractivity contribution is 0.241. The largest absolute Gasteiger partial charge is 0.495 e. The zero-order valence-electron chi connectivity index (χ0n) is 14.8. The van der Waals surface area contributed by atoms with Crippen molar-refractivity contribution in [2.45, 2.75) is 18.5 Å². The molecule has 1 aromatic heterocycles. The van der Waals surface area contributed by atoms with Crippen molar-refractivity contribution in [3.05, 3.63) is 18.5 Å². The van der Waals surface area contributed by atoms with Crippen molar-refractivity contribution in [3.8, 4) is 5.75 Å². The Morgan fingerprint density at radius 3 is 3.10 bits per heavy atom. The van der Waals surface area contributed by atoms with Crippen LogP contribution < -0.4 is 15.4 Å². The van der Waals surface area contributed by atoms with Crippen LogP contribution in [-0.4, -0.2) is 54.1 Å². The molecule has 0 radical (unpaired) electrons. The van der Waals surface area contributed by atoms with E-state index in [1.807, 2.05) is 12.1 Å². The lowest BCUT2D eigenvalue weighted by Gasteiger charge is -2.48. The van der Waals surface area contributed by atoms with Gasteiger partial charge in [-0.15, -0.1) is 0 Å². The van der Waals surface area contributed by atoms with Crippen molar-refractivity contribution in [1.82, 2.24) is 14.9 Å². The van der Waals surface area contributed by atoms with Gasteiger partial charge in [0, 0.05) is 29.3 Å². The minimum absolute atomic E-state index is 0.0308. The second-order valence-corrected chi connectivity index (χ2v) is 5.54. The van der Waals surface area contributed by atoms with E-state index in [2.05, 4.69) is 14.9 Å². The Balaban J connectivity index is 1.76. The number of likely N-dealkylation sites (tertiary alicyclic amines) is 1. The first-order valence-electron chi connectivity index (χ1n) is 8.52. The molecule has 21 heavy (non-hydrogen) atoms. The van der Waals surface area contributed by atoms with Gasteiger partial charge in [0.2, 0.25) is 0 Å². The molecule has 0 aliphatic carbocycles. The standard InChI is InChI=1S/C15H19N5O/c1-19-6-5-10-11(19)7-20(10)14-12(21-2)4-3-9-13(14)15(16)18-8-17-9/h3-4,8,10-11H,5-7H2,1-2H3,(H2,16,17,18)/t10-,11-/m0/s1/i1D3. The number of anilines is 2. The van der Waals surface area contributed by atoms with Gasteiger partial charge in [0.25, 0.3) is 0 Å². The van der Waals surface area contributed by atoms with Crippen LogP contribution >= 0.6 is 0 Å². The Morgan fingerprint density at radius 2 is 2.29 bits per heavy atom. The molecule has 6 heteroatoms. The molecule has 0 unspecified atom stereocenters. The van der Waals surface area contributed by atoms with Gasteiger partial charge in [-0.2, -0.15) is 0 Å². The number of ether oxygens (including phenoxy) is 1. The smallest absolute Gasteiger partial charge is 0.143 e. The summed E-state index contributed by atoms with van der Waals surface area (Å²) in [7, 11) is 1.62. The SMILES string of the molecule is [2H]C([2H])([2H])N1CC[C@H]2[C@@H]1CN2c1c(OC)ccc2ncnc(N)c12. The van der Waals surface area contributed by atoms with Crippen LogP contribution in [0.5, 0.6) is 5.75 Å². The molecule has 2 saturated heterocycles. The van der Waals surface area contributed by atoms with Crippen LogP contribution in [0.15, 0.2) is 18.5 Å². The molecule has 110 valence electrons. The first-order valence-corrected chi connectivity index (χ1v) is 7.02. The Labute approximate surface area is 127 Å². The van der Waals surface area contributed by atoms with Crippen molar-refractivity contribution in [2.75, 3.05) is 37.8 Å². The van der Waals surface area contributed by atoms with Crippen LogP contribution in [0, 0.1) is 0 Å². The van der Waals surface area contributed by atoms with Crippen LogP contribution in [0.3, 0.4) is 0 Å². The van der Waals surface area contributed by atoms with Gasteiger partial charge in [-0.25, -0.2) is 9.97 Å². The Morgan fingerprint density at radius 1 is 1.38 bits per heavy atom. The minimum atomic E-state index is -2.05. The number of likely N-dealkylation sites (N-methyl/N-ethyl adjacent to an activating group) is 1. The van der Waals surface area contributed by atoms with Gasteiger partial charge in [-0.05, 0) is 25.5 Å². The van der Waals surface area contributed by atoms with Gasteiger partial charge in [0.05, 0.1) is 23.7 Å². The van der Waals surface area contributed by atoms with Crippen molar-refractivity contribution in [1.29, 1.82) is 0 Å². The minimum Gasteiger partial charge on any atom is -0.495 e. The number of benzene rings is 1. The van der Waals surface area contributed by atoms with Gasteiger partial charge >= 0.3 is 0 Å². The number of fused-ring (bicyclic) bond motifs is 2. The van der Waals surface area contributed by atoms with Crippen molar-refractivity contribution in [2.24, 2.45) is 0 Å². The number of nitrogen functional groups attached to an aromatic ring is 1. The van der Waals surface area contributed by atoms with E-state index >= 15 is 0 Å². The summed E-state index contributed by atoms with van der Waals surface area (Å²) in [5.74, 6) is 1.11. The Bertz CT molecular complexity index is 797. The predicted octanol–water partition coefficient (Wildman–Crippen LogP) is 1.11. The van der Waals surface area contributed by atoms with E-state index in [9.17, 15) is 0 Å². The number of hydrogen-bond acceptors (Lipinski definition) is 6. The lowest BCUT2D eigenvalue weighted by Crippen LogP contribution is -2.61. The molecule has 0 spiro atoms. The molecule has 2 aliphatic rings. The molecular formula is C15H19N5O. The van der Waals surface area contributed by atoms with E-state index in [-0.39, 0.29) is 12.1 Å². The maximum absolute atomic E-state index is 7.67. The van der Waals surface area contributed by atoms with Gasteiger partial charge in [-0.3, -0.25) is 4.90 Å². The van der Waals surface area contributed by atoms with Crippen molar-refractivity contribution >= 4 is 22.4 Å². The number of hydrogen-bond donors (Lipinski definition) is 1. The fraction of sp³-hybridized carbons (Fsp3) is 0.467. The van der Waals surface area contributed by atoms with Crippen LogP contribution in [0.25, 0.3) is 10.9 Å². The molecule has 2 aliphatic heterocycles. The second kappa shape index (κ2) is 4.46. The molecule has 0 amide bonds. The lowest BCUT2D eigenvalue weighted by atomic mass is 9.94. The molecule has 6 nitrogen and oxygen atoms in total. The summed E-state index contributed by atoms with van der Waals surface area (Å²) in [6, 6.07) is 3.90. The van der Waals surface area contributed by atoms with E-state index in [0.717, 1.165) is 23.0 Å². The van der Waals surface area contributed by atoms with E-state index in [4.69, 9.17) is 14.6 Å². The highest BCUT2D eigenvalue weighted by molar-refractivity contribution is 6.02. The fourth-order valence-electron chi connectivity index (χ4n) is 3.47. The molecule has 2 N–H and O–H groups in total. The zero-order chi connectivity index (χ0) is 17.1. The topological polar surface area (TPSA) is 67.5 Å². The normalized spacial score (nSPS) is 27.7. The third kappa shape index (κ3) is 1.68. The van der Waals surface area contributed by atoms with Gasteiger partial charge < -0.3 is 15.4 Å². The Hall–Kier alpha value is -2.08. The third-order valence-electron chi connectivity index (χ3n) is 4.57. The quantitative estimate of drug-likeness (QED) is 0.893. The molecular weight excluding hydrogens is 266 g/mol. The van der Waals surface area contributed by atoms with E-state index in [0.29, 0.717) is 24.7 Å². The number of nitrogens with two attached hydrogens (primary N) is 1. The van der Waals surface area contributed by atoms with Crippen LogP contribution in [0.4, 0.5) is 11.5 Å². The third-order valence-corrected chi connectivity index (χ3v) is 4.57. The molecule has 0 saturated carbocycles. The van der Waals surface area contributed by atoms with Crippen LogP contribution in [-0.2, 0) is 0 Å². The summed E-state index contributed by atoms with van der Waals surface area (Å²) >= 11 is 0. The Kier molecular flexibility index (Phi) is 2.08. The molecule has 3 heterocycles. The number of aromatic nitrogens is 2. The van der Waals surface area contributed by atoms with Crippen molar-refractivity contribution < 1.29 is 8.85 Å². The fourth-order valence-corrected chi connectivity index (χ4v) is 3.47. The highest BCUT2D eigenvalue weighted by Gasteiger charge is 2.46. The van der Waals surface area contributed by atoms with Gasteiger partial charge in [0.1, 0.15) is 17.9 Å². The predicted molar refractivity (Wildman–Crippen MR) is 82.7 cm³/mol. The monoisotopic (exact) mass is 288 g/mol. The molecule has 2 atom stereocenters. The number of rotatable bonds is 2. The number of nitrogens with zero attached hydrogens (tertiary/aromatic N) is 4. The maximum atomic E-state index is 7.67. The summed E-state index contributed by atoms with van der Waals surface area (Å²) < 4.78 is 28.6. The molecule has 1 aromatic carbocycles. The summed E-state index contributed by atoms with van der Waals surface area (Å²) in [4.78, 5) is 12.2. The van der Waals surface area contributed by atoms with E-state index in [1.165, 1.54) is 6.33 Å². The van der Waals surface area contributed by atoms with Crippen molar-refractivity contribution in [3.63, 3.8) is 0 Å². The molecule has 0 bridgehead atoms. The highest BCUT2D eigenvalue weighted by Crippen LogP contribution is 2.44. The summed E-state index contributed by atoms with van der Waals surface area (Å²) in [6.07, 6.45) is 2.24. The first kappa shape index (κ1) is 9.78. The molecule has 2 aromatic rings. The highest BCUT2D eigenvalue weighted by atomic mass is 16.5. The summed E-state index contributed by atoms with van der Waals surface area (Å²) in [5, 5.41) is 0.766. The average molecular weight is 288 g/mol. The molecule has 4 rings (SSSR count). The average Bonchev–Trinajstić information content (AvgIpc) is 2.84. The zero-order valence-corrected chi connectivity index (χ0v) is 11.8. The van der Waals surface area contributed by atoms with E-state index in [1.54, 1.807) is 12.0 Å². The second-order valence-electron chi connectivity index (χ2n) is 5.54. The van der Waals surface area contributed by atoms with E-state index < -0.39 is 6.98 Å². The number of methoxy groups -OCH3 is 1. The summed E-state index contributed by atoms with van der Waals surface area (Å²) in [5.41, 5.74) is 7.72. The molecule has 2 fully saturated rings. The van der Waals surface area contributed by atoms with Crippen LogP contribution in [0.1, 0.15) is 10.5 Å². The van der Waals surface area contributed by atoms with Crippen LogP contribution in [0.2, 0.25) is 0 Å². The van der Waals surface area contributed by atoms with Gasteiger partial charge in [0.15, 0.2) is 0 Å². The van der Waals surface area contributed by atoms with Gasteiger partial charge in [-0.1, -0.05) is 0 Å². The first-order chi connectivity index (χ1) is 11.4. The summed E-state index contributed by atoms with van der Waals surface area (Å²) in [6.45, 7) is -0.843.